The maximum Gasteiger partial charge on any atom is 0.325 e. The van der Waals surface area contributed by atoms with Gasteiger partial charge in [0.15, 0.2) is 4.90 Å². The Bertz CT molecular complexity index is 749. The van der Waals surface area contributed by atoms with Crippen molar-refractivity contribution in [2.75, 3.05) is 0 Å². The molecule has 3 rings (SSSR count). The fourth-order valence-electron chi connectivity index (χ4n) is 3.56. The van der Waals surface area contributed by atoms with Gasteiger partial charge in [-0.25, -0.2) is 17.9 Å². The van der Waals surface area contributed by atoms with Crippen molar-refractivity contribution in [1.82, 2.24) is 14.7 Å². The van der Waals surface area contributed by atoms with Crippen molar-refractivity contribution in [3.63, 3.8) is 0 Å². The number of sulfonamides is 1. The Morgan fingerprint density at radius 1 is 1.15 bits per heavy atom. The molecule has 2 fully saturated rings. The van der Waals surface area contributed by atoms with E-state index in [0.29, 0.717) is 11.8 Å². The summed E-state index contributed by atoms with van der Waals surface area (Å²) in [6, 6.07) is -0.0931. The van der Waals surface area contributed by atoms with Crippen LogP contribution in [0.1, 0.15) is 31.4 Å². The molecule has 0 saturated heterocycles. The summed E-state index contributed by atoms with van der Waals surface area (Å²) in [7, 11) is -3.91. The topological polar surface area (TPSA) is 112 Å². The van der Waals surface area contributed by atoms with Crippen molar-refractivity contribution >= 4 is 10.0 Å². The molecule has 8 heteroatoms. The summed E-state index contributed by atoms with van der Waals surface area (Å²) >= 11 is 0. The number of rotatable bonds is 3. The summed E-state index contributed by atoms with van der Waals surface area (Å²) in [5.41, 5.74) is -1.51. The van der Waals surface area contributed by atoms with Gasteiger partial charge in [0.1, 0.15) is 0 Å². The van der Waals surface area contributed by atoms with Crippen LogP contribution in [0.25, 0.3) is 0 Å². The van der Waals surface area contributed by atoms with Crippen LogP contribution in [0.5, 0.6) is 0 Å². The first kappa shape index (κ1) is 13.6. The zero-order valence-corrected chi connectivity index (χ0v) is 11.9. The molecule has 2 aliphatic rings. The Labute approximate surface area is 115 Å². The van der Waals surface area contributed by atoms with Gasteiger partial charge in [0.25, 0.3) is 5.56 Å². The van der Waals surface area contributed by atoms with Crippen LogP contribution in [0.4, 0.5) is 0 Å². The molecule has 7 nitrogen and oxygen atoms in total. The molecule has 1 heterocycles. The highest BCUT2D eigenvalue weighted by Crippen LogP contribution is 2.44. The van der Waals surface area contributed by atoms with E-state index >= 15 is 0 Å². The molecule has 0 unspecified atom stereocenters. The van der Waals surface area contributed by atoms with Gasteiger partial charge in [-0.15, -0.1) is 0 Å². The second-order valence-corrected chi connectivity index (χ2v) is 7.42. The van der Waals surface area contributed by atoms with E-state index in [1.54, 1.807) is 0 Å². The molecule has 0 amide bonds. The number of aromatic amines is 2. The second kappa shape index (κ2) is 4.56. The van der Waals surface area contributed by atoms with E-state index in [2.05, 4.69) is 9.71 Å². The van der Waals surface area contributed by atoms with Crippen molar-refractivity contribution in [2.45, 2.75) is 43.5 Å². The molecule has 0 aliphatic heterocycles. The van der Waals surface area contributed by atoms with E-state index in [1.165, 1.54) is 13.3 Å². The lowest BCUT2D eigenvalue weighted by atomic mass is 9.96. The fraction of sp³-hybridized carbons (Fsp3) is 0.667. The van der Waals surface area contributed by atoms with Gasteiger partial charge < -0.3 is 4.98 Å². The Kier molecular flexibility index (Phi) is 3.09. The maximum absolute atomic E-state index is 12.4. The molecule has 110 valence electrons. The number of H-pyrrole nitrogens is 2. The van der Waals surface area contributed by atoms with Crippen molar-refractivity contribution in [1.29, 1.82) is 0 Å². The van der Waals surface area contributed by atoms with Crippen LogP contribution in [0, 0.1) is 18.8 Å². The molecule has 0 spiro atoms. The van der Waals surface area contributed by atoms with E-state index in [-0.39, 0.29) is 16.6 Å². The summed E-state index contributed by atoms with van der Waals surface area (Å²) in [4.78, 5) is 26.7. The minimum Gasteiger partial charge on any atom is -0.310 e. The highest BCUT2D eigenvalue weighted by Gasteiger charge is 2.41. The molecule has 0 aromatic carbocycles. The standard InChI is InChI=1S/C12H17N3O4S/c1-6-10(11(16)14-12(17)13-6)20(18,19)15-9-5-7-2-3-8(9)4-7/h7-9,15H,2-5H2,1H3,(H2,13,14,16,17)/t7-,8-,9-/m1/s1. The van der Waals surface area contributed by atoms with Crippen molar-refractivity contribution in [3.05, 3.63) is 26.5 Å². The van der Waals surface area contributed by atoms with Crippen LogP contribution in [0.2, 0.25) is 0 Å². The minimum absolute atomic E-state index is 0.0643. The molecule has 3 atom stereocenters. The van der Waals surface area contributed by atoms with Crippen LogP contribution >= 0.6 is 0 Å². The van der Waals surface area contributed by atoms with Crippen LogP contribution in [0.3, 0.4) is 0 Å². The second-order valence-electron chi connectivity index (χ2n) is 5.77. The summed E-state index contributed by atoms with van der Waals surface area (Å²) in [6.45, 7) is 1.41. The van der Waals surface area contributed by atoms with E-state index < -0.39 is 21.3 Å². The zero-order chi connectivity index (χ0) is 14.5. The first-order chi connectivity index (χ1) is 9.37. The molecular weight excluding hydrogens is 282 g/mol. The molecule has 2 bridgehead atoms. The Balaban J connectivity index is 1.93. The third-order valence-electron chi connectivity index (χ3n) is 4.39. The first-order valence-electron chi connectivity index (χ1n) is 6.72. The summed E-state index contributed by atoms with van der Waals surface area (Å²) < 4.78 is 27.4. The first-order valence-corrected chi connectivity index (χ1v) is 8.20. The van der Waals surface area contributed by atoms with Gasteiger partial charge >= 0.3 is 5.69 Å². The SMILES string of the molecule is Cc1[nH]c(=O)[nH]c(=O)c1S(=O)(=O)N[C@@H]1C[C@@H]2CC[C@@H]1C2. The Morgan fingerprint density at radius 3 is 2.45 bits per heavy atom. The third kappa shape index (κ3) is 2.22. The van der Waals surface area contributed by atoms with Gasteiger partial charge in [-0.2, -0.15) is 0 Å². The smallest absolute Gasteiger partial charge is 0.310 e. The van der Waals surface area contributed by atoms with Crippen LogP contribution in [-0.2, 0) is 10.0 Å². The number of hydrogen-bond donors (Lipinski definition) is 3. The van der Waals surface area contributed by atoms with Gasteiger partial charge in [0, 0.05) is 11.7 Å². The zero-order valence-electron chi connectivity index (χ0n) is 11.1. The lowest BCUT2D eigenvalue weighted by Crippen LogP contribution is -2.42. The highest BCUT2D eigenvalue weighted by atomic mass is 32.2. The minimum atomic E-state index is -3.91. The third-order valence-corrected chi connectivity index (χ3v) is 6.03. The molecular formula is C12H17N3O4S. The fourth-order valence-corrected chi connectivity index (χ4v) is 5.11. The Hall–Kier alpha value is -1.41. The van der Waals surface area contributed by atoms with E-state index in [1.807, 2.05) is 4.98 Å². The average Bonchev–Trinajstić information content (AvgIpc) is 2.87. The molecule has 1 aromatic rings. The number of nitrogens with one attached hydrogen (secondary N) is 3. The predicted octanol–water partition coefficient (Wildman–Crippen LogP) is -0.161. The van der Waals surface area contributed by atoms with Gasteiger partial charge in [-0.1, -0.05) is 6.42 Å². The van der Waals surface area contributed by atoms with E-state index in [4.69, 9.17) is 0 Å². The van der Waals surface area contributed by atoms with Crippen LogP contribution in [-0.4, -0.2) is 24.4 Å². The van der Waals surface area contributed by atoms with E-state index in [9.17, 15) is 18.0 Å². The number of aromatic nitrogens is 2. The summed E-state index contributed by atoms with van der Waals surface area (Å²) in [6.07, 6.45) is 4.11. The molecule has 2 aliphatic carbocycles. The molecule has 20 heavy (non-hydrogen) atoms. The summed E-state index contributed by atoms with van der Waals surface area (Å²) in [5, 5.41) is 0. The highest BCUT2D eigenvalue weighted by molar-refractivity contribution is 7.89. The molecule has 2 saturated carbocycles. The van der Waals surface area contributed by atoms with Crippen molar-refractivity contribution in [3.8, 4) is 0 Å². The predicted molar refractivity (Wildman–Crippen MR) is 72.0 cm³/mol. The van der Waals surface area contributed by atoms with Gasteiger partial charge in [0.05, 0.1) is 0 Å². The number of fused-ring (bicyclic) bond motifs is 2. The lowest BCUT2D eigenvalue weighted by molar-refractivity contribution is 0.390. The number of aryl methyl sites for hydroxylation is 1. The summed E-state index contributed by atoms with van der Waals surface area (Å²) in [5.74, 6) is 0.972. The van der Waals surface area contributed by atoms with Gasteiger partial charge in [-0.05, 0) is 38.0 Å². The van der Waals surface area contributed by atoms with Gasteiger partial charge in [0.2, 0.25) is 10.0 Å². The lowest BCUT2D eigenvalue weighted by Gasteiger charge is -2.22. The van der Waals surface area contributed by atoms with Crippen molar-refractivity contribution in [2.24, 2.45) is 11.8 Å². The van der Waals surface area contributed by atoms with Crippen LogP contribution in [0.15, 0.2) is 14.5 Å². The monoisotopic (exact) mass is 299 g/mol. The van der Waals surface area contributed by atoms with Crippen molar-refractivity contribution < 1.29 is 8.42 Å². The Morgan fingerprint density at radius 2 is 1.90 bits per heavy atom. The molecule has 1 aromatic heterocycles. The maximum atomic E-state index is 12.4. The number of hydrogen-bond acceptors (Lipinski definition) is 4. The molecule has 0 radical (unpaired) electrons. The largest absolute Gasteiger partial charge is 0.325 e. The van der Waals surface area contributed by atoms with Gasteiger partial charge in [-0.3, -0.25) is 9.78 Å². The molecule has 3 N–H and O–H groups in total. The average molecular weight is 299 g/mol. The van der Waals surface area contributed by atoms with E-state index in [0.717, 1.165) is 19.3 Å². The normalized spacial score (nSPS) is 28.9. The quantitative estimate of drug-likeness (QED) is 0.720. The van der Waals surface area contributed by atoms with Crippen LogP contribution < -0.4 is 16.0 Å².